The lowest BCUT2D eigenvalue weighted by molar-refractivity contribution is -0.126. The molecule has 0 radical (unpaired) electrons. The second-order valence-electron chi connectivity index (χ2n) is 11.4. The molecular weight excluding hydrogens is 426 g/mol. The minimum absolute atomic E-state index is 0.0199. The Morgan fingerprint density at radius 3 is 2.79 bits per heavy atom. The van der Waals surface area contributed by atoms with Crippen LogP contribution < -0.4 is 10.6 Å². The molecule has 184 valence electrons. The summed E-state index contributed by atoms with van der Waals surface area (Å²) in [7, 11) is 0. The highest BCUT2D eigenvalue weighted by atomic mass is 16.5. The highest BCUT2D eigenvalue weighted by Gasteiger charge is 2.38. The van der Waals surface area contributed by atoms with Gasteiger partial charge in [0.15, 0.2) is 0 Å². The summed E-state index contributed by atoms with van der Waals surface area (Å²) in [6, 6.07) is 7.00. The second-order valence-corrected chi connectivity index (χ2v) is 11.4. The van der Waals surface area contributed by atoms with Crippen LogP contribution in [0.1, 0.15) is 86.7 Å². The normalized spacial score (nSPS) is 31.4. The van der Waals surface area contributed by atoms with E-state index >= 15 is 0 Å². The first kappa shape index (κ1) is 23.6. The first-order chi connectivity index (χ1) is 16.3. The van der Waals surface area contributed by atoms with Crippen LogP contribution in [0, 0.1) is 5.92 Å². The summed E-state index contributed by atoms with van der Waals surface area (Å²) in [6.45, 7) is 9.61. The number of ether oxygens (including phenoxy) is 1. The number of fused-ring (bicyclic) bond motifs is 1. The molecule has 2 amide bonds. The summed E-state index contributed by atoms with van der Waals surface area (Å²) in [5, 5.41) is 6.83. The molecule has 1 unspecified atom stereocenters. The number of rotatable bonds is 5. The van der Waals surface area contributed by atoms with E-state index in [1.54, 1.807) is 4.90 Å². The summed E-state index contributed by atoms with van der Waals surface area (Å²) < 4.78 is 5.92. The molecule has 1 aliphatic carbocycles. The Labute approximate surface area is 203 Å². The molecule has 0 aromatic heterocycles. The Balaban J connectivity index is 1.25. The van der Waals surface area contributed by atoms with Crippen molar-refractivity contribution in [3.8, 4) is 0 Å². The van der Waals surface area contributed by atoms with Crippen molar-refractivity contribution in [1.82, 2.24) is 15.5 Å². The lowest BCUT2D eigenvalue weighted by Crippen LogP contribution is -2.50. The summed E-state index contributed by atoms with van der Waals surface area (Å²) in [5.41, 5.74) is 3.82. The van der Waals surface area contributed by atoms with E-state index in [1.165, 1.54) is 31.2 Å². The first-order valence-electron chi connectivity index (χ1n) is 13.1. The zero-order valence-corrected chi connectivity index (χ0v) is 20.7. The number of hydrogen-bond acceptors (Lipinski definition) is 4. The third-order valence-corrected chi connectivity index (χ3v) is 8.25. The average Bonchev–Trinajstić information content (AvgIpc) is 3.10. The molecule has 4 atom stereocenters. The maximum Gasteiger partial charge on any atom is 0.255 e. The van der Waals surface area contributed by atoms with Crippen molar-refractivity contribution in [2.45, 2.75) is 102 Å². The monoisotopic (exact) mass is 465 g/mol. The van der Waals surface area contributed by atoms with E-state index in [0.29, 0.717) is 31.0 Å². The zero-order chi connectivity index (χ0) is 23.9. The van der Waals surface area contributed by atoms with Gasteiger partial charge in [-0.25, -0.2) is 0 Å². The van der Waals surface area contributed by atoms with Crippen LogP contribution in [0.5, 0.6) is 0 Å². The number of nitrogens with one attached hydrogen (secondary N) is 2. The van der Waals surface area contributed by atoms with Gasteiger partial charge in [-0.1, -0.05) is 31.6 Å². The van der Waals surface area contributed by atoms with Gasteiger partial charge in [-0.15, -0.1) is 0 Å². The number of benzene rings is 1. The van der Waals surface area contributed by atoms with Gasteiger partial charge >= 0.3 is 0 Å². The molecule has 3 fully saturated rings. The van der Waals surface area contributed by atoms with Crippen LogP contribution in [-0.4, -0.2) is 47.0 Å². The first-order valence-corrected chi connectivity index (χ1v) is 13.1. The molecule has 3 heterocycles. The van der Waals surface area contributed by atoms with Crippen LogP contribution in [0.2, 0.25) is 0 Å². The van der Waals surface area contributed by atoms with Crippen LogP contribution in [0.3, 0.4) is 0 Å². The van der Waals surface area contributed by atoms with E-state index in [2.05, 4.69) is 43.2 Å². The van der Waals surface area contributed by atoms with Crippen molar-refractivity contribution in [2.24, 2.45) is 5.92 Å². The van der Waals surface area contributed by atoms with Crippen LogP contribution in [0.25, 0.3) is 0 Å². The summed E-state index contributed by atoms with van der Waals surface area (Å²) in [6.07, 6.45) is 9.64. The van der Waals surface area contributed by atoms with Crippen molar-refractivity contribution < 1.29 is 14.3 Å². The van der Waals surface area contributed by atoms with E-state index < -0.39 is 6.04 Å². The predicted molar refractivity (Wildman–Crippen MR) is 132 cm³/mol. The average molecular weight is 466 g/mol. The minimum Gasteiger partial charge on any atom is -0.375 e. The number of piperidine rings is 1. The van der Waals surface area contributed by atoms with Gasteiger partial charge < -0.3 is 20.3 Å². The Kier molecular flexibility index (Phi) is 6.56. The highest BCUT2D eigenvalue weighted by molar-refractivity contribution is 6.01. The molecule has 0 bridgehead atoms. The Morgan fingerprint density at radius 1 is 1.18 bits per heavy atom. The van der Waals surface area contributed by atoms with Crippen molar-refractivity contribution in [2.75, 3.05) is 6.61 Å². The summed E-state index contributed by atoms with van der Waals surface area (Å²) in [4.78, 5) is 27.3. The lowest BCUT2D eigenvalue weighted by atomic mass is 9.79. The third kappa shape index (κ3) is 4.94. The van der Waals surface area contributed by atoms with E-state index in [0.717, 1.165) is 49.1 Å². The van der Waals surface area contributed by atoms with Gasteiger partial charge in [-0.05, 0) is 81.9 Å². The fourth-order valence-electron chi connectivity index (χ4n) is 6.49. The Morgan fingerprint density at radius 2 is 2.00 bits per heavy atom. The van der Waals surface area contributed by atoms with Crippen LogP contribution in [0.15, 0.2) is 30.5 Å². The smallest absolute Gasteiger partial charge is 0.255 e. The topological polar surface area (TPSA) is 70.7 Å². The number of amides is 2. The number of carbonyl (C=O) groups excluding carboxylic acids is 2. The van der Waals surface area contributed by atoms with E-state index in [4.69, 9.17) is 4.74 Å². The molecule has 1 aromatic rings. The number of carbonyl (C=O) groups is 2. The minimum atomic E-state index is -0.399. The fourth-order valence-corrected chi connectivity index (χ4v) is 6.49. The Bertz CT molecular complexity index is 972. The molecular formula is C28H39N3O3. The van der Waals surface area contributed by atoms with Crippen LogP contribution >= 0.6 is 0 Å². The van der Waals surface area contributed by atoms with Gasteiger partial charge in [0.05, 0.1) is 5.60 Å². The fraction of sp³-hybridized carbons (Fsp3) is 0.643. The third-order valence-electron chi connectivity index (χ3n) is 8.25. The number of allylic oxidation sites excluding steroid dienone is 1. The van der Waals surface area contributed by atoms with Crippen molar-refractivity contribution in [3.05, 3.63) is 47.2 Å². The number of nitrogens with zero attached hydrogens (tertiary/aromatic N) is 1. The highest BCUT2D eigenvalue weighted by Crippen LogP contribution is 2.33. The molecule has 6 heteroatoms. The second kappa shape index (κ2) is 9.46. The van der Waals surface area contributed by atoms with Crippen LogP contribution in [-0.2, 0) is 22.5 Å². The van der Waals surface area contributed by atoms with E-state index in [-0.39, 0.29) is 17.4 Å². The Hall–Kier alpha value is -2.18. The largest absolute Gasteiger partial charge is 0.375 e. The molecule has 6 nitrogen and oxygen atoms in total. The maximum absolute atomic E-state index is 13.1. The van der Waals surface area contributed by atoms with Crippen molar-refractivity contribution in [1.29, 1.82) is 0 Å². The van der Waals surface area contributed by atoms with E-state index in [9.17, 15) is 9.59 Å². The van der Waals surface area contributed by atoms with E-state index in [1.807, 2.05) is 6.07 Å². The molecule has 0 spiro atoms. The number of hydrogen-bond donors (Lipinski definition) is 2. The molecule has 5 rings (SSSR count). The summed E-state index contributed by atoms with van der Waals surface area (Å²) in [5.74, 6) is 0.486. The van der Waals surface area contributed by atoms with Crippen molar-refractivity contribution in [3.63, 3.8) is 0 Å². The standard InChI is InChI=1S/C28H39N3O3/c1-18-8-11-25(26(32)29-18)31-17-21-15-19(9-10-23(21)27(31)33)14-20-6-4-5-7-24(20)30-22-12-13-34-28(2,3)16-22/h9-10,15,20,22,24-25,30H,1,4-8,11-14,16-17H2,2-3H3,(H,29,32)/t20-,22+,24+,25?/m1/s1. The molecule has 3 aliphatic heterocycles. The van der Waals surface area contributed by atoms with Gasteiger partial charge in [0.1, 0.15) is 6.04 Å². The van der Waals surface area contributed by atoms with Crippen molar-refractivity contribution >= 4 is 11.8 Å². The maximum atomic E-state index is 13.1. The van der Waals surface area contributed by atoms with Gasteiger partial charge in [-0.2, -0.15) is 0 Å². The van der Waals surface area contributed by atoms with Gasteiger partial charge in [0.2, 0.25) is 5.91 Å². The quantitative estimate of drug-likeness (QED) is 0.687. The molecule has 1 aromatic carbocycles. The van der Waals surface area contributed by atoms with Crippen LogP contribution in [0.4, 0.5) is 0 Å². The predicted octanol–water partition coefficient (Wildman–Crippen LogP) is 4.08. The molecule has 34 heavy (non-hydrogen) atoms. The molecule has 2 N–H and O–H groups in total. The van der Waals surface area contributed by atoms with Gasteiger partial charge in [0, 0.05) is 36.5 Å². The lowest BCUT2D eigenvalue weighted by Gasteiger charge is -2.41. The van der Waals surface area contributed by atoms with Gasteiger partial charge in [0.25, 0.3) is 5.91 Å². The SMILES string of the molecule is C=C1CCC(N2Cc3cc(C[C@H]4CCCC[C@@H]4N[C@H]4CCOC(C)(C)C4)ccc3C2=O)C(=O)N1. The summed E-state index contributed by atoms with van der Waals surface area (Å²) >= 11 is 0. The zero-order valence-electron chi connectivity index (χ0n) is 20.7. The molecule has 2 saturated heterocycles. The van der Waals surface area contributed by atoms with Gasteiger partial charge in [-0.3, -0.25) is 9.59 Å². The molecule has 4 aliphatic rings. The molecule has 1 saturated carbocycles.